The maximum Gasteiger partial charge on any atom is 0.189 e. The van der Waals surface area contributed by atoms with E-state index in [1.807, 2.05) is 60.7 Å². The maximum absolute atomic E-state index is 10.8. The lowest BCUT2D eigenvalue weighted by Crippen LogP contribution is -2.66. The van der Waals surface area contributed by atoms with Crippen molar-refractivity contribution in [2.24, 2.45) is 0 Å². The topological polar surface area (TPSA) is 146 Å². The molecule has 0 radical (unpaired) electrons. The minimum absolute atomic E-state index is 0.0812. The van der Waals surface area contributed by atoms with Crippen LogP contribution in [-0.4, -0.2) is 95.1 Å². The van der Waals surface area contributed by atoms with E-state index in [1.54, 1.807) is 0 Å². The molecule has 0 spiro atoms. The summed E-state index contributed by atoms with van der Waals surface area (Å²) in [5, 5.41) is 43.1. The van der Waals surface area contributed by atoms with Gasteiger partial charge in [0.2, 0.25) is 0 Å². The summed E-state index contributed by atoms with van der Waals surface area (Å²) in [6, 6.07) is 18.5. The zero-order valence-corrected chi connectivity index (χ0v) is 19.8. The Morgan fingerprint density at radius 1 is 0.541 bits per heavy atom. The van der Waals surface area contributed by atoms with Crippen molar-refractivity contribution in [2.45, 2.75) is 74.0 Å². The van der Waals surface area contributed by atoms with Crippen molar-refractivity contribution in [1.29, 1.82) is 0 Å². The summed E-state index contributed by atoms with van der Waals surface area (Å²) < 4.78 is 40.7. The Kier molecular flexibility index (Phi) is 7.27. The number of rotatable bonds is 4. The van der Waals surface area contributed by atoms with Crippen LogP contribution < -0.4 is 0 Å². The van der Waals surface area contributed by atoms with Crippen LogP contribution in [-0.2, 0) is 33.2 Å². The molecule has 2 aromatic rings. The van der Waals surface area contributed by atoms with E-state index in [9.17, 15) is 20.4 Å². The van der Waals surface area contributed by atoms with Crippen molar-refractivity contribution in [3.63, 3.8) is 0 Å². The van der Waals surface area contributed by atoms with Gasteiger partial charge in [0.25, 0.3) is 0 Å². The predicted octanol–water partition coefficient (Wildman–Crippen LogP) is 0.125. The summed E-state index contributed by atoms with van der Waals surface area (Å²) in [4.78, 5) is 0. The van der Waals surface area contributed by atoms with E-state index in [0.29, 0.717) is 0 Å². The summed E-state index contributed by atoms with van der Waals surface area (Å²) in [5.74, 6) is 0. The van der Waals surface area contributed by atoms with Crippen LogP contribution in [0.4, 0.5) is 0 Å². The van der Waals surface area contributed by atoms with Crippen molar-refractivity contribution in [3.05, 3.63) is 71.8 Å². The monoisotopic (exact) mass is 518 g/mol. The number of aliphatic hydroxyl groups excluding tert-OH is 4. The molecule has 200 valence electrons. The maximum atomic E-state index is 10.8. The summed E-state index contributed by atoms with van der Waals surface area (Å²) in [5.41, 5.74) is 1.55. The third kappa shape index (κ3) is 4.93. The fourth-order valence-corrected chi connectivity index (χ4v) is 5.07. The zero-order chi connectivity index (χ0) is 25.5. The van der Waals surface area contributed by atoms with Crippen LogP contribution in [0.3, 0.4) is 0 Å². The van der Waals surface area contributed by atoms with E-state index >= 15 is 0 Å². The Bertz CT molecular complexity index is 940. The lowest BCUT2D eigenvalue weighted by Gasteiger charge is -2.49. The molecule has 12 unspecified atom stereocenters. The van der Waals surface area contributed by atoms with Crippen LogP contribution >= 0.6 is 0 Å². The van der Waals surface area contributed by atoms with Gasteiger partial charge in [0.05, 0.1) is 13.2 Å². The summed E-state index contributed by atoms with van der Waals surface area (Å²) >= 11 is 0. The van der Waals surface area contributed by atoms with E-state index < -0.39 is 74.0 Å². The van der Waals surface area contributed by atoms with Crippen LogP contribution in [0.1, 0.15) is 23.7 Å². The van der Waals surface area contributed by atoms with Gasteiger partial charge < -0.3 is 53.6 Å². The number of benzene rings is 2. The molecule has 0 aliphatic carbocycles. The minimum atomic E-state index is -1.51. The highest BCUT2D eigenvalue weighted by Crippen LogP contribution is 2.37. The van der Waals surface area contributed by atoms with Gasteiger partial charge in [-0.2, -0.15) is 0 Å². The van der Waals surface area contributed by atoms with E-state index in [1.165, 1.54) is 0 Å². The Labute approximate surface area is 213 Å². The molecule has 4 aliphatic heterocycles. The van der Waals surface area contributed by atoms with E-state index in [0.717, 1.165) is 11.1 Å². The molecule has 12 atom stereocenters. The molecular formula is C26H30O11. The molecule has 4 heterocycles. The first kappa shape index (κ1) is 25.3. The lowest BCUT2D eigenvalue weighted by atomic mass is 9.96. The smallest absolute Gasteiger partial charge is 0.189 e. The van der Waals surface area contributed by atoms with Crippen molar-refractivity contribution in [1.82, 2.24) is 0 Å². The number of ether oxygens (including phenoxy) is 7. The predicted molar refractivity (Wildman–Crippen MR) is 122 cm³/mol. The van der Waals surface area contributed by atoms with Crippen LogP contribution in [0, 0.1) is 0 Å². The highest BCUT2D eigenvalue weighted by atomic mass is 16.8. The van der Waals surface area contributed by atoms with Crippen molar-refractivity contribution in [2.75, 3.05) is 13.2 Å². The molecule has 4 N–H and O–H groups in total. The molecule has 4 saturated heterocycles. The quantitative estimate of drug-likeness (QED) is 0.438. The molecule has 4 aliphatic rings. The first-order chi connectivity index (χ1) is 18.0. The van der Waals surface area contributed by atoms with Gasteiger partial charge in [0, 0.05) is 11.1 Å². The molecule has 11 heteroatoms. The molecule has 4 fully saturated rings. The highest BCUT2D eigenvalue weighted by molar-refractivity contribution is 5.17. The average molecular weight is 519 g/mol. The molecule has 2 aromatic carbocycles. The van der Waals surface area contributed by atoms with E-state index in [2.05, 4.69) is 0 Å². The van der Waals surface area contributed by atoms with Crippen molar-refractivity contribution < 1.29 is 53.6 Å². The Morgan fingerprint density at radius 2 is 0.946 bits per heavy atom. The summed E-state index contributed by atoms with van der Waals surface area (Å²) in [7, 11) is 0. The van der Waals surface area contributed by atoms with Gasteiger partial charge in [0.15, 0.2) is 25.2 Å². The minimum Gasteiger partial charge on any atom is -0.387 e. The average Bonchev–Trinajstić information content (AvgIpc) is 2.95. The second-order valence-electron chi connectivity index (χ2n) is 9.54. The van der Waals surface area contributed by atoms with Crippen molar-refractivity contribution >= 4 is 0 Å². The molecule has 0 amide bonds. The first-order valence-corrected chi connectivity index (χ1v) is 12.3. The molecule has 6 rings (SSSR count). The molecule has 0 saturated carbocycles. The Balaban J connectivity index is 1.09. The Morgan fingerprint density at radius 3 is 1.35 bits per heavy atom. The number of hydrogen-bond acceptors (Lipinski definition) is 11. The van der Waals surface area contributed by atoms with Crippen LogP contribution in [0.5, 0.6) is 0 Å². The van der Waals surface area contributed by atoms with Crippen LogP contribution in [0.15, 0.2) is 60.7 Å². The second-order valence-corrected chi connectivity index (χ2v) is 9.54. The second kappa shape index (κ2) is 10.6. The summed E-state index contributed by atoms with van der Waals surface area (Å²) in [6.45, 7) is 0.162. The van der Waals surface area contributed by atoms with Gasteiger partial charge in [0.1, 0.15) is 48.8 Å². The summed E-state index contributed by atoms with van der Waals surface area (Å²) in [6.07, 6.45) is -13.1. The van der Waals surface area contributed by atoms with E-state index in [-0.39, 0.29) is 13.2 Å². The molecule has 0 bridgehead atoms. The fraction of sp³-hybridized carbons (Fsp3) is 0.538. The zero-order valence-electron chi connectivity index (χ0n) is 19.8. The number of hydrogen-bond donors (Lipinski definition) is 4. The first-order valence-electron chi connectivity index (χ1n) is 12.3. The van der Waals surface area contributed by atoms with Gasteiger partial charge in [-0.15, -0.1) is 0 Å². The SMILES string of the molecule is OC1C(OC2OC3COC(c4ccccc4)OC3C(O)C2O)OC2COC(c3ccccc3)OC2C1O. The normalized spacial score (nSPS) is 44.0. The molecule has 11 nitrogen and oxygen atoms in total. The molecule has 0 aromatic heterocycles. The van der Waals surface area contributed by atoms with Crippen LogP contribution in [0.25, 0.3) is 0 Å². The largest absolute Gasteiger partial charge is 0.387 e. The van der Waals surface area contributed by atoms with Gasteiger partial charge in [-0.3, -0.25) is 0 Å². The van der Waals surface area contributed by atoms with Gasteiger partial charge in [-0.1, -0.05) is 60.7 Å². The highest BCUT2D eigenvalue weighted by Gasteiger charge is 2.53. The van der Waals surface area contributed by atoms with Gasteiger partial charge in [-0.05, 0) is 0 Å². The van der Waals surface area contributed by atoms with Crippen molar-refractivity contribution in [3.8, 4) is 0 Å². The van der Waals surface area contributed by atoms with Gasteiger partial charge >= 0.3 is 0 Å². The van der Waals surface area contributed by atoms with E-state index in [4.69, 9.17) is 33.2 Å². The van der Waals surface area contributed by atoms with Gasteiger partial charge in [-0.25, -0.2) is 0 Å². The molecular weight excluding hydrogens is 488 g/mol. The Hall–Kier alpha value is -2.00. The standard InChI is InChI=1S/C26H30O11/c27-17-19(29)25(33-15-11-31-23(35-21(15)17)13-7-3-1-4-8-13)37-26-20(30)18(28)22-16(34-26)12-32-24(36-22)14-9-5-2-6-10-14/h1-10,15-30H,11-12H2. The molecule has 37 heavy (non-hydrogen) atoms. The third-order valence-electron chi connectivity index (χ3n) is 7.08. The van der Waals surface area contributed by atoms with Crippen LogP contribution in [0.2, 0.25) is 0 Å². The third-order valence-corrected chi connectivity index (χ3v) is 7.08. The lowest BCUT2D eigenvalue weighted by molar-refractivity contribution is -0.412. The number of fused-ring (bicyclic) bond motifs is 2. The number of aliphatic hydroxyl groups is 4. The fourth-order valence-electron chi connectivity index (χ4n) is 5.07.